The Bertz CT molecular complexity index is 495. The van der Waals surface area contributed by atoms with E-state index >= 15 is 0 Å². The summed E-state index contributed by atoms with van der Waals surface area (Å²) in [4.78, 5) is 22.8. The van der Waals surface area contributed by atoms with Crippen molar-refractivity contribution in [2.24, 2.45) is 0 Å². The Morgan fingerprint density at radius 2 is 1.87 bits per heavy atom. The molecule has 0 spiro atoms. The van der Waals surface area contributed by atoms with E-state index in [2.05, 4.69) is 5.32 Å². The fourth-order valence-electron chi connectivity index (χ4n) is 1.86. The number of nitrogens with one attached hydrogen (secondary N) is 1. The molecule has 0 aliphatic carbocycles. The number of hydrogen-bond donors (Lipinski definition) is 2. The van der Waals surface area contributed by atoms with Crippen molar-refractivity contribution in [1.82, 2.24) is 5.32 Å². The maximum absolute atomic E-state index is 11.6. The van der Waals surface area contributed by atoms with Gasteiger partial charge < -0.3 is 19.9 Å². The van der Waals surface area contributed by atoms with Gasteiger partial charge in [0.05, 0.1) is 6.61 Å². The average Bonchev–Trinajstić information content (AvgIpc) is 2.44. The maximum Gasteiger partial charge on any atom is 0.408 e. The largest absolute Gasteiger partial charge is 0.480 e. The van der Waals surface area contributed by atoms with Gasteiger partial charge in [-0.25, -0.2) is 9.59 Å². The highest BCUT2D eigenvalue weighted by Crippen LogP contribution is 2.08. The van der Waals surface area contributed by atoms with Crippen LogP contribution in [0.5, 0.6) is 0 Å². The zero-order valence-corrected chi connectivity index (χ0v) is 13.9. The summed E-state index contributed by atoms with van der Waals surface area (Å²) in [6.07, 6.45) is 0.0817. The van der Waals surface area contributed by atoms with Crippen LogP contribution in [0, 0.1) is 0 Å². The van der Waals surface area contributed by atoms with Crippen LogP contribution < -0.4 is 5.32 Å². The number of rotatable bonds is 8. The number of carboxylic acids is 1. The molecule has 128 valence electrons. The van der Waals surface area contributed by atoms with E-state index in [9.17, 15) is 9.59 Å². The molecule has 1 atom stereocenters. The van der Waals surface area contributed by atoms with Gasteiger partial charge in [0, 0.05) is 6.61 Å². The molecule has 6 nitrogen and oxygen atoms in total. The van der Waals surface area contributed by atoms with Crippen molar-refractivity contribution >= 4 is 12.1 Å². The summed E-state index contributed by atoms with van der Waals surface area (Å²) in [5.74, 6) is -1.08. The number of hydrogen-bond acceptors (Lipinski definition) is 4. The van der Waals surface area contributed by atoms with Gasteiger partial charge in [0.25, 0.3) is 0 Å². The molecular weight excluding hydrogens is 298 g/mol. The molecule has 0 heterocycles. The summed E-state index contributed by atoms with van der Waals surface area (Å²) in [7, 11) is 0. The Hall–Kier alpha value is -2.08. The van der Waals surface area contributed by atoms with E-state index in [-0.39, 0.29) is 6.42 Å². The Labute approximate surface area is 136 Å². The first-order chi connectivity index (χ1) is 10.8. The lowest BCUT2D eigenvalue weighted by atomic mass is 10.1. The van der Waals surface area contributed by atoms with Gasteiger partial charge in [0.15, 0.2) is 0 Å². The van der Waals surface area contributed by atoms with Crippen LogP contribution >= 0.6 is 0 Å². The van der Waals surface area contributed by atoms with E-state index in [0.29, 0.717) is 19.6 Å². The third-order valence-electron chi connectivity index (χ3n) is 2.88. The van der Waals surface area contributed by atoms with Crippen molar-refractivity contribution in [3.05, 3.63) is 35.9 Å². The molecule has 0 saturated heterocycles. The van der Waals surface area contributed by atoms with Crippen LogP contribution in [0.2, 0.25) is 0 Å². The summed E-state index contributed by atoms with van der Waals surface area (Å²) >= 11 is 0. The number of alkyl carbamates (subject to hydrolysis) is 1. The quantitative estimate of drug-likeness (QED) is 0.718. The molecule has 6 heteroatoms. The highest BCUT2D eigenvalue weighted by molar-refractivity contribution is 5.79. The molecule has 0 aliphatic heterocycles. The molecule has 1 aromatic carbocycles. The third-order valence-corrected chi connectivity index (χ3v) is 2.88. The fourth-order valence-corrected chi connectivity index (χ4v) is 1.86. The smallest absolute Gasteiger partial charge is 0.408 e. The van der Waals surface area contributed by atoms with E-state index in [4.69, 9.17) is 14.6 Å². The molecule has 1 unspecified atom stereocenters. The van der Waals surface area contributed by atoms with Crippen molar-refractivity contribution in [2.75, 3.05) is 6.61 Å². The fraction of sp³-hybridized carbons (Fsp3) is 0.529. The molecule has 1 rings (SSSR count). The van der Waals surface area contributed by atoms with Crippen LogP contribution in [0.15, 0.2) is 30.3 Å². The van der Waals surface area contributed by atoms with Gasteiger partial charge in [-0.15, -0.1) is 0 Å². The number of carboxylic acid groups (broad SMARTS) is 1. The molecule has 23 heavy (non-hydrogen) atoms. The van der Waals surface area contributed by atoms with E-state index < -0.39 is 23.7 Å². The molecule has 0 bridgehead atoms. The van der Waals surface area contributed by atoms with Gasteiger partial charge in [0.2, 0.25) is 0 Å². The predicted octanol–water partition coefficient (Wildman–Crippen LogP) is 2.96. The standard InChI is InChI=1S/C17H25NO5/c1-17(2,3)23-16(21)18-14(15(19)20)10-7-11-22-12-13-8-5-4-6-9-13/h4-6,8-9,14H,7,10-12H2,1-3H3,(H,18,21)(H,19,20). The van der Waals surface area contributed by atoms with Gasteiger partial charge in [-0.3, -0.25) is 0 Å². The topological polar surface area (TPSA) is 84.9 Å². The number of aliphatic carboxylic acids is 1. The first kappa shape index (κ1) is 19.0. The number of ether oxygens (including phenoxy) is 2. The monoisotopic (exact) mass is 323 g/mol. The third kappa shape index (κ3) is 8.83. The zero-order chi connectivity index (χ0) is 17.3. The second kappa shape index (κ2) is 9.15. The summed E-state index contributed by atoms with van der Waals surface area (Å²) in [6, 6.07) is 8.75. The number of carbonyl (C=O) groups excluding carboxylic acids is 1. The summed E-state index contributed by atoms with van der Waals surface area (Å²) in [5.41, 5.74) is 0.403. The van der Waals surface area contributed by atoms with Crippen molar-refractivity contribution in [2.45, 2.75) is 51.9 Å². The Balaban J connectivity index is 2.28. The van der Waals surface area contributed by atoms with Gasteiger partial charge in [0.1, 0.15) is 11.6 Å². The first-order valence-corrected chi connectivity index (χ1v) is 7.62. The Morgan fingerprint density at radius 1 is 1.22 bits per heavy atom. The van der Waals surface area contributed by atoms with Gasteiger partial charge in [-0.05, 0) is 39.2 Å². The minimum absolute atomic E-state index is 0.281. The molecule has 0 fully saturated rings. The van der Waals surface area contributed by atoms with Crippen molar-refractivity contribution in [3.63, 3.8) is 0 Å². The summed E-state index contributed by atoms with van der Waals surface area (Å²) in [6.45, 7) is 6.08. The van der Waals surface area contributed by atoms with Crippen molar-refractivity contribution in [3.8, 4) is 0 Å². The second-order valence-electron chi connectivity index (χ2n) is 6.22. The molecular formula is C17H25NO5. The molecule has 0 radical (unpaired) electrons. The highest BCUT2D eigenvalue weighted by atomic mass is 16.6. The molecule has 0 saturated carbocycles. The highest BCUT2D eigenvalue weighted by Gasteiger charge is 2.23. The van der Waals surface area contributed by atoms with E-state index in [1.165, 1.54) is 0 Å². The zero-order valence-electron chi connectivity index (χ0n) is 13.9. The summed E-state index contributed by atoms with van der Waals surface area (Å²) < 4.78 is 10.6. The van der Waals surface area contributed by atoms with Gasteiger partial charge >= 0.3 is 12.1 Å². The lowest BCUT2D eigenvalue weighted by Gasteiger charge is -2.22. The molecule has 0 aliphatic rings. The van der Waals surface area contributed by atoms with Crippen molar-refractivity contribution < 1.29 is 24.2 Å². The Morgan fingerprint density at radius 3 is 2.43 bits per heavy atom. The predicted molar refractivity (Wildman–Crippen MR) is 86.1 cm³/mol. The van der Waals surface area contributed by atoms with Crippen LogP contribution in [-0.4, -0.2) is 35.4 Å². The molecule has 0 aromatic heterocycles. The normalized spacial score (nSPS) is 12.5. The lowest BCUT2D eigenvalue weighted by Crippen LogP contribution is -2.43. The van der Waals surface area contributed by atoms with E-state index in [1.807, 2.05) is 30.3 Å². The van der Waals surface area contributed by atoms with E-state index in [1.54, 1.807) is 20.8 Å². The minimum Gasteiger partial charge on any atom is -0.480 e. The first-order valence-electron chi connectivity index (χ1n) is 7.62. The van der Waals surface area contributed by atoms with Crippen LogP contribution in [0.4, 0.5) is 4.79 Å². The second-order valence-corrected chi connectivity index (χ2v) is 6.22. The van der Waals surface area contributed by atoms with Crippen LogP contribution in [0.25, 0.3) is 0 Å². The van der Waals surface area contributed by atoms with E-state index in [0.717, 1.165) is 5.56 Å². The van der Waals surface area contributed by atoms with Gasteiger partial charge in [-0.2, -0.15) is 0 Å². The molecule has 2 N–H and O–H groups in total. The summed E-state index contributed by atoms with van der Waals surface area (Å²) in [5, 5.41) is 11.5. The van der Waals surface area contributed by atoms with Crippen LogP contribution in [0.1, 0.15) is 39.2 Å². The number of carbonyl (C=O) groups is 2. The average molecular weight is 323 g/mol. The van der Waals surface area contributed by atoms with Gasteiger partial charge in [-0.1, -0.05) is 30.3 Å². The Kier molecular flexibility index (Phi) is 7.54. The number of benzene rings is 1. The van der Waals surface area contributed by atoms with Crippen molar-refractivity contribution in [1.29, 1.82) is 0 Å². The minimum atomic E-state index is -1.08. The lowest BCUT2D eigenvalue weighted by molar-refractivity contribution is -0.139. The molecule has 1 aromatic rings. The van der Waals surface area contributed by atoms with Crippen LogP contribution in [0.3, 0.4) is 0 Å². The SMILES string of the molecule is CC(C)(C)OC(=O)NC(CCCOCc1ccccc1)C(=O)O. The maximum atomic E-state index is 11.6. The molecule has 1 amide bonds. The van der Waals surface area contributed by atoms with Crippen LogP contribution in [-0.2, 0) is 20.9 Å². The number of amides is 1.